The molecule has 3 rings (SSSR count). The average molecular weight is 427 g/mol. The molecule has 9 heteroatoms. The van der Waals surface area contributed by atoms with Crippen LogP contribution in [0.15, 0.2) is 45.8 Å². The predicted molar refractivity (Wildman–Crippen MR) is 112 cm³/mol. The Morgan fingerprint density at radius 1 is 1.32 bits per heavy atom. The molecule has 28 heavy (non-hydrogen) atoms. The molecule has 1 amide bonds. The Morgan fingerprint density at radius 3 is 2.82 bits per heavy atom. The lowest BCUT2D eigenvalue weighted by Crippen LogP contribution is -2.37. The molecule has 1 atom stereocenters. The van der Waals surface area contributed by atoms with E-state index in [0.29, 0.717) is 18.5 Å². The van der Waals surface area contributed by atoms with E-state index in [0.717, 1.165) is 32.4 Å². The molecule has 0 saturated carbocycles. The van der Waals surface area contributed by atoms with Gasteiger partial charge >= 0.3 is 0 Å². The quantitative estimate of drug-likeness (QED) is 0.578. The van der Waals surface area contributed by atoms with Crippen molar-refractivity contribution in [2.24, 2.45) is 4.99 Å². The van der Waals surface area contributed by atoms with Gasteiger partial charge < -0.3 is 10.6 Å². The number of benzene rings is 1. The predicted octanol–water partition coefficient (Wildman–Crippen LogP) is 1.74. The first kappa shape index (κ1) is 22.4. The molecule has 3 N–H and O–H groups in total. The van der Waals surface area contributed by atoms with E-state index in [1.807, 2.05) is 0 Å². The molecule has 154 valence electrons. The van der Waals surface area contributed by atoms with E-state index in [9.17, 15) is 13.2 Å². The second kappa shape index (κ2) is 10.0. The van der Waals surface area contributed by atoms with E-state index in [1.165, 1.54) is 5.57 Å². The summed E-state index contributed by atoms with van der Waals surface area (Å²) in [6, 6.07) is 6.08. The van der Waals surface area contributed by atoms with E-state index >= 15 is 0 Å². The number of rotatable bonds is 7. The summed E-state index contributed by atoms with van der Waals surface area (Å²) in [6.45, 7) is 4.30. The van der Waals surface area contributed by atoms with E-state index < -0.39 is 16.1 Å². The number of fused-ring (bicyclic) bond motifs is 1. The third-order valence-corrected chi connectivity index (χ3v) is 6.13. The molecule has 2 aliphatic rings. The summed E-state index contributed by atoms with van der Waals surface area (Å²) in [5, 5.41) is 6.20. The van der Waals surface area contributed by atoms with Crippen molar-refractivity contribution in [2.75, 3.05) is 19.6 Å². The van der Waals surface area contributed by atoms with Crippen molar-refractivity contribution in [3.05, 3.63) is 41.5 Å². The average Bonchev–Trinajstić information content (AvgIpc) is 2.94. The Balaban J connectivity index is 0.00000280. The van der Waals surface area contributed by atoms with Crippen LogP contribution in [0.3, 0.4) is 0 Å². The largest absolute Gasteiger partial charge is 0.350 e. The third kappa shape index (κ3) is 5.33. The lowest BCUT2D eigenvalue weighted by molar-refractivity contribution is -0.122. The lowest BCUT2D eigenvalue weighted by atomic mass is 10.1. The zero-order chi connectivity index (χ0) is 19.3. The van der Waals surface area contributed by atoms with Gasteiger partial charge in [0.1, 0.15) is 11.9 Å². The fourth-order valence-electron chi connectivity index (χ4n) is 3.19. The highest BCUT2D eigenvalue weighted by Crippen LogP contribution is 2.23. The summed E-state index contributed by atoms with van der Waals surface area (Å²) in [6.07, 6.45) is 5.37. The van der Waals surface area contributed by atoms with Crippen LogP contribution >= 0.6 is 12.4 Å². The number of amidine groups is 1. The topological polar surface area (TPSA) is 99.7 Å². The van der Waals surface area contributed by atoms with Gasteiger partial charge in [-0.15, -0.1) is 12.4 Å². The molecular formula is C19H27ClN4O3S. The fourth-order valence-corrected chi connectivity index (χ4v) is 4.43. The molecule has 2 aliphatic heterocycles. The van der Waals surface area contributed by atoms with Crippen molar-refractivity contribution in [3.8, 4) is 0 Å². The minimum atomic E-state index is -3.60. The van der Waals surface area contributed by atoms with Crippen molar-refractivity contribution < 1.29 is 13.2 Å². The molecule has 1 aromatic rings. The minimum Gasteiger partial charge on any atom is -0.350 e. The van der Waals surface area contributed by atoms with Gasteiger partial charge in [0.2, 0.25) is 5.91 Å². The fraction of sp³-hybridized carbons (Fsp3) is 0.474. The molecule has 0 aromatic heterocycles. The van der Waals surface area contributed by atoms with Crippen molar-refractivity contribution >= 4 is 34.2 Å². The van der Waals surface area contributed by atoms with Gasteiger partial charge in [0, 0.05) is 18.7 Å². The number of hydrogen-bond acceptors (Lipinski definition) is 5. The van der Waals surface area contributed by atoms with Gasteiger partial charge in [-0.25, -0.2) is 8.42 Å². The van der Waals surface area contributed by atoms with Crippen LogP contribution in [0.4, 0.5) is 0 Å². The molecule has 0 bridgehead atoms. The first-order valence-corrected chi connectivity index (χ1v) is 10.9. The summed E-state index contributed by atoms with van der Waals surface area (Å²) in [5.74, 6) is 0.0851. The highest BCUT2D eigenvalue weighted by atomic mass is 35.5. The summed E-state index contributed by atoms with van der Waals surface area (Å²) >= 11 is 0. The van der Waals surface area contributed by atoms with Crippen LogP contribution in [0.25, 0.3) is 0 Å². The first-order chi connectivity index (χ1) is 13.0. The molecule has 1 aromatic carbocycles. The van der Waals surface area contributed by atoms with Gasteiger partial charge in [-0.2, -0.15) is 0 Å². The maximum atomic E-state index is 12.7. The van der Waals surface area contributed by atoms with E-state index in [4.69, 9.17) is 0 Å². The summed E-state index contributed by atoms with van der Waals surface area (Å²) < 4.78 is 27.0. The maximum Gasteiger partial charge on any atom is 0.263 e. The number of halogens is 1. The number of amides is 1. The molecule has 0 fully saturated rings. The molecule has 0 spiro atoms. The van der Waals surface area contributed by atoms with Gasteiger partial charge in [0.05, 0.1) is 4.90 Å². The SMILES string of the molecule is CCCCC(N=C1NS(=O)(=O)c2ccccc21)C(=O)NCC1=CCNCC1.Cl. The first-order valence-electron chi connectivity index (χ1n) is 9.37. The summed E-state index contributed by atoms with van der Waals surface area (Å²) in [4.78, 5) is 17.4. The highest BCUT2D eigenvalue weighted by Gasteiger charge is 2.31. The Labute approximate surface area is 172 Å². The second-order valence-corrected chi connectivity index (χ2v) is 8.42. The highest BCUT2D eigenvalue weighted by molar-refractivity contribution is 7.90. The van der Waals surface area contributed by atoms with E-state index in [-0.39, 0.29) is 29.0 Å². The molecule has 1 unspecified atom stereocenters. The molecule has 2 heterocycles. The maximum absolute atomic E-state index is 12.7. The summed E-state index contributed by atoms with van der Waals surface area (Å²) in [5.41, 5.74) is 1.73. The van der Waals surface area contributed by atoms with Crippen LogP contribution in [0.2, 0.25) is 0 Å². The number of nitrogens with one attached hydrogen (secondary N) is 3. The molecular weight excluding hydrogens is 400 g/mol. The molecule has 0 saturated heterocycles. The zero-order valence-electron chi connectivity index (χ0n) is 15.9. The molecule has 7 nitrogen and oxygen atoms in total. The second-order valence-electron chi connectivity index (χ2n) is 6.77. The van der Waals surface area contributed by atoms with Crippen LogP contribution < -0.4 is 15.4 Å². The third-order valence-electron chi connectivity index (χ3n) is 4.73. The van der Waals surface area contributed by atoms with Crippen molar-refractivity contribution in [3.63, 3.8) is 0 Å². The normalized spacial score (nSPS) is 19.8. The van der Waals surface area contributed by atoms with Gasteiger partial charge in [-0.3, -0.25) is 14.5 Å². The number of carbonyl (C=O) groups excluding carboxylic acids is 1. The van der Waals surface area contributed by atoms with E-state index in [2.05, 4.69) is 33.3 Å². The zero-order valence-corrected chi connectivity index (χ0v) is 17.5. The Hall–Kier alpha value is -1.90. The Morgan fingerprint density at radius 2 is 2.11 bits per heavy atom. The van der Waals surface area contributed by atoms with Crippen LogP contribution in [-0.4, -0.2) is 45.8 Å². The lowest BCUT2D eigenvalue weighted by Gasteiger charge is -2.17. The Kier molecular flexibility index (Phi) is 8.03. The number of unbranched alkanes of at least 4 members (excludes halogenated alkanes) is 1. The molecule has 0 aliphatic carbocycles. The standard InChI is InChI=1S/C19H26N4O3S.ClH/c1-2-3-7-16(19(24)21-13-14-9-11-20-12-10-14)22-18-15-6-4-5-8-17(15)27(25,26)23-18;/h4-6,8-9,16,20H,2-3,7,10-13H2,1H3,(H,21,24)(H,22,23);1H. The van der Waals surface area contributed by atoms with Crippen LogP contribution in [-0.2, 0) is 14.8 Å². The van der Waals surface area contributed by atoms with Gasteiger partial charge in [0.25, 0.3) is 10.0 Å². The van der Waals surface area contributed by atoms with Crippen molar-refractivity contribution in [1.82, 2.24) is 15.4 Å². The van der Waals surface area contributed by atoms with Gasteiger partial charge in [-0.05, 0) is 31.5 Å². The van der Waals surface area contributed by atoms with E-state index in [1.54, 1.807) is 24.3 Å². The number of nitrogens with zero attached hydrogens (tertiary/aromatic N) is 1. The van der Waals surface area contributed by atoms with Gasteiger partial charge in [-0.1, -0.05) is 43.5 Å². The number of sulfonamides is 1. The van der Waals surface area contributed by atoms with Crippen molar-refractivity contribution in [1.29, 1.82) is 0 Å². The Bertz CT molecular complexity index is 868. The number of aliphatic imine (C=N–C) groups is 1. The number of carbonyl (C=O) groups is 1. The number of hydrogen-bond donors (Lipinski definition) is 3. The molecule has 0 radical (unpaired) electrons. The van der Waals surface area contributed by atoms with Crippen LogP contribution in [0.5, 0.6) is 0 Å². The van der Waals surface area contributed by atoms with Crippen LogP contribution in [0, 0.1) is 0 Å². The van der Waals surface area contributed by atoms with Crippen molar-refractivity contribution in [2.45, 2.75) is 43.5 Å². The summed E-state index contributed by atoms with van der Waals surface area (Å²) in [7, 11) is -3.60. The monoisotopic (exact) mass is 426 g/mol. The van der Waals surface area contributed by atoms with Crippen LogP contribution in [0.1, 0.15) is 38.2 Å². The smallest absolute Gasteiger partial charge is 0.263 e. The minimum absolute atomic E-state index is 0. The van der Waals surface area contributed by atoms with Gasteiger partial charge in [0.15, 0.2) is 0 Å².